The number of amides is 4. The molecule has 0 aliphatic carbocycles. The Morgan fingerprint density at radius 2 is 1.66 bits per heavy atom. The number of urea groups is 1. The predicted octanol–water partition coefficient (Wildman–Crippen LogP) is 1.84. The minimum Gasteiger partial charge on any atom is -0.452 e. The van der Waals surface area contributed by atoms with E-state index in [0.717, 1.165) is 0 Å². The van der Waals surface area contributed by atoms with E-state index in [1.54, 1.807) is 18.7 Å². The van der Waals surface area contributed by atoms with Crippen LogP contribution in [0.25, 0.3) is 0 Å². The lowest BCUT2D eigenvalue weighted by Crippen LogP contribution is -2.47. The Hall–Kier alpha value is -2.97. The summed E-state index contributed by atoms with van der Waals surface area (Å²) in [5.41, 5.74) is 0.386. The van der Waals surface area contributed by atoms with Crippen LogP contribution < -0.4 is 10.6 Å². The molecule has 1 aliphatic heterocycles. The number of rotatable bonds is 5. The van der Waals surface area contributed by atoms with E-state index in [2.05, 4.69) is 10.6 Å². The van der Waals surface area contributed by atoms with Gasteiger partial charge in [0.15, 0.2) is 6.10 Å². The summed E-state index contributed by atoms with van der Waals surface area (Å²) < 4.78 is 18.2. The van der Waals surface area contributed by atoms with Crippen molar-refractivity contribution in [3.8, 4) is 0 Å². The van der Waals surface area contributed by atoms with Gasteiger partial charge in [-0.3, -0.25) is 19.7 Å². The average Bonchev–Trinajstić information content (AvgIpc) is 2.67. The van der Waals surface area contributed by atoms with Gasteiger partial charge in [-0.25, -0.2) is 9.18 Å². The van der Waals surface area contributed by atoms with Crippen LogP contribution >= 0.6 is 0 Å². The normalized spacial score (nSPS) is 15.6. The molecular formula is C20H26FN3O5. The highest BCUT2D eigenvalue weighted by atomic mass is 19.1. The van der Waals surface area contributed by atoms with Gasteiger partial charge in [0.2, 0.25) is 0 Å². The second kappa shape index (κ2) is 9.99. The van der Waals surface area contributed by atoms with Crippen LogP contribution in [0, 0.1) is 11.7 Å². The first-order valence-electron chi connectivity index (χ1n) is 9.54. The molecule has 0 aromatic heterocycles. The van der Waals surface area contributed by atoms with Crippen molar-refractivity contribution in [3.05, 3.63) is 35.6 Å². The van der Waals surface area contributed by atoms with Gasteiger partial charge in [0.25, 0.3) is 11.8 Å². The molecule has 1 aromatic carbocycles. The highest BCUT2D eigenvalue weighted by Crippen LogP contribution is 2.21. The van der Waals surface area contributed by atoms with E-state index in [9.17, 15) is 23.6 Å². The standard InChI is InChI=1S/C20H26FN3O5/c1-12(2)22-20(28)23-17(25)13(3)29-19(27)15-8-10-24(11-9-15)18(26)14-4-6-16(21)7-5-14/h4-7,12-13,15H,8-11H2,1-3H3,(H2,22,23,25,28)/t13-/m0/s1. The summed E-state index contributed by atoms with van der Waals surface area (Å²) >= 11 is 0. The van der Waals surface area contributed by atoms with E-state index in [1.165, 1.54) is 31.2 Å². The third kappa shape index (κ3) is 6.55. The Morgan fingerprint density at radius 3 is 2.21 bits per heavy atom. The number of hydrogen-bond donors (Lipinski definition) is 2. The molecule has 158 valence electrons. The van der Waals surface area contributed by atoms with E-state index in [4.69, 9.17) is 4.74 Å². The first-order valence-corrected chi connectivity index (χ1v) is 9.54. The number of piperidine rings is 1. The first-order chi connectivity index (χ1) is 13.7. The summed E-state index contributed by atoms with van der Waals surface area (Å²) in [6, 6.07) is 4.52. The van der Waals surface area contributed by atoms with Crippen molar-refractivity contribution in [1.29, 1.82) is 0 Å². The number of nitrogens with one attached hydrogen (secondary N) is 2. The fourth-order valence-electron chi connectivity index (χ4n) is 2.93. The van der Waals surface area contributed by atoms with Crippen LogP contribution in [-0.4, -0.2) is 54.0 Å². The van der Waals surface area contributed by atoms with Crippen LogP contribution in [0.3, 0.4) is 0 Å². The summed E-state index contributed by atoms with van der Waals surface area (Å²) in [7, 11) is 0. The zero-order valence-electron chi connectivity index (χ0n) is 16.7. The maximum Gasteiger partial charge on any atom is 0.321 e. The smallest absolute Gasteiger partial charge is 0.321 e. The number of likely N-dealkylation sites (tertiary alicyclic amines) is 1. The van der Waals surface area contributed by atoms with Gasteiger partial charge in [0, 0.05) is 24.7 Å². The molecule has 1 atom stereocenters. The topological polar surface area (TPSA) is 105 Å². The molecule has 2 rings (SSSR count). The molecule has 0 bridgehead atoms. The number of carbonyl (C=O) groups excluding carboxylic acids is 4. The van der Waals surface area contributed by atoms with E-state index in [-0.39, 0.29) is 11.9 Å². The minimum atomic E-state index is -1.11. The van der Waals surface area contributed by atoms with Crippen LogP contribution in [0.1, 0.15) is 44.0 Å². The van der Waals surface area contributed by atoms with Crippen molar-refractivity contribution in [3.63, 3.8) is 0 Å². The van der Waals surface area contributed by atoms with E-state index < -0.39 is 35.7 Å². The minimum absolute atomic E-state index is 0.136. The molecule has 2 N–H and O–H groups in total. The van der Waals surface area contributed by atoms with Crippen molar-refractivity contribution < 1.29 is 28.3 Å². The highest BCUT2D eigenvalue weighted by molar-refractivity contribution is 5.97. The maximum atomic E-state index is 13.0. The van der Waals surface area contributed by atoms with Gasteiger partial charge < -0.3 is 15.0 Å². The quantitative estimate of drug-likeness (QED) is 0.725. The largest absolute Gasteiger partial charge is 0.452 e. The lowest BCUT2D eigenvalue weighted by molar-refractivity contribution is -0.159. The summed E-state index contributed by atoms with van der Waals surface area (Å²) in [4.78, 5) is 49.8. The Bertz CT molecular complexity index is 758. The number of imide groups is 1. The molecule has 0 radical (unpaired) electrons. The summed E-state index contributed by atoms with van der Waals surface area (Å²) in [6.45, 7) is 5.60. The van der Waals surface area contributed by atoms with Crippen molar-refractivity contribution in [2.75, 3.05) is 13.1 Å². The number of nitrogens with zero attached hydrogens (tertiary/aromatic N) is 1. The third-order valence-corrected chi connectivity index (χ3v) is 4.53. The second-order valence-electron chi connectivity index (χ2n) is 7.27. The molecule has 0 spiro atoms. The number of esters is 1. The van der Waals surface area contributed by atoms with Crippen molar-refractivity contribution in [2.45, 2.75) is 45.8 Å². The summed E-state index contributed by atoms with van der Waals surface area (Å²) in [6.07, 6.45) is -0.318. The van der Waals surface area contributed by atoms with Gasteiger partial charge in [0.05, 0.1) is 5.92 Å². The third-order valence-electron chi connectivity index (χ3n) is 4.53. The number of hydrogen-bond acceptors (Lipinski definition) is 5. The first kappa shape index (κ1) is 22.3. The van der Waals surface area contributed by atoms with Gasteiger partial charge in [-0.05, 0) is 57.9 Å². The average molecular weight is 407 g/mol. The zero-order valence-corrected chi connectivity index (χ0v) is 16.7. The Morgan fingerprint density at radius 1 is 1.07 bits per heavy atom. The SMILES string of the molecule is CC(C)NC(=O)NC(=O)[C@H](C)OC(=O)C1CCN(C(=O)c2ccc(F)cc2)CC1. The zero-order chi connectivity index (χ0) is 21.6. The molecule has 4 amide bonds. The van der Waals surface area contributed by atoms with Crippen LogP contribution in [0.2, 0.25) is 0 Å². The molecule has 8 nitrogen and oxygen atoms in total. The van der Waals surface area contributed by atoms with Gasteiger partial charge in [-0.15, -0.1) is 0 Å². The lowest BCUT2D eigenvalue weighted by Gasteiger charge is -2.31. The van der Waals surface area contributed by atoms with Crippen LogP contribution in [0.5, 0.6) is 0 Å². The Labute approximate surface area is 168 Å². The molecule has 1 saturated heterocycles. The van der Waals surface area contributed by atoms with Gasteiger partial charge in [-0.1, -0.05) is 0 Å². The number of benzene rings is 1. The van der Waals surface area contributed by atoms with Gasteiger partial charge >= 0.3 is 12.0 Å². The number of halogens is 1. The molecule has 0 unspecified atom stereocenters. The van der Waals surface area contributed by atoms with Crippen LogP contribution in [-0.2, 0) is 14.3 Å². The molecule has 1 aromatic rings. The monoisotopic (exact) mass is 407 g/mol. The molecule has 0 saturated carbocycles. The molecule has 9 heteroatoms. The molecule has 29 heavy (non-hydrogen) atoms. The number of carbonyl (C=O) groups is 4. The Kier molecular flexibility index (Phi) is 7.69. The number of ether oxygens (including phenoxy) is 1. The molecule has 1 heterocycles. The predicted molar refractivity (Wildman–Crippen MR) is 102 cm³/mol. The summed E-state index contributed by atoms with van der Waals surface area (Å²) in [5.74, 6) is -2.32. The Balaban J connectivity index is 1.80. The fraction of sp³-hybridized carbons (Fsp3) is 0.500. The molecule has 1 fully saturated rings. The van der Waals surface area contributed by atoms with Crippen molar-refractivity contribution >= 4 is 23.8 Å². The van der Waals surface area contributed by atoms with Crippen LogP contribution in [0.4, 0.5) is 9.18 Å². The second-order valence-corrected chi connectivity index (χ2v) is 7.27. The fourth-order valence-corrected chi connectivity index (χ4v) is 2.93. The van der Waals surface area contributed by atoms with Crippen molar-refractivity contribution in [1.82, 2.24) is 15.5 Å². The van der Waals surface area contributed by atoms with E-state index >= 15 is 0 Å². The van der Waals surface area contributed by atoms with Crippen molar-refractivity contribution in [2.24, 2.45) is 5.92 Å². The highest BCUT2D eigenvalue weighted by Gasteiger charge is 2.31. The van der Waals surface area contributed by atoms with Crippen LogP contribution in [0.15, 0.2) is 24.3 Å². The maximum absolute atomic E-state index is 13.0. The lowest BCUT2D eigenvalue weighted by atomic mass is 9.96. The van der Waals surface area contributed by atoms with Gasteiger partial charge in [-0.2, -0.15) is 0 Å². The molecule has 1 aliphatic rings. The molecular weight excluding hydrogens is 381 g/mol. The summed E-state index contributed by atoms with van der Waals surface area (Å²) in [5, 5.41) is 4.63. The van der Waals surface area contributed by atoms with E-state index in [0.29, 0.717) is 31.5 Å². The van der Waals surface area contributed by atoms with Gasteiger partial charge in [0.1, 0.15) is 5.82 Å². The van der Waals surface area contributed by atoms with E-state index in [1.807, 2.05) is 0 Å².